The molecule has 1 aliphatic heterocycles. The Morgan fingerprint density at radius 2 is 2.05 bits per heavy atom. The number of benzene rings is 1. The van der Waals surface area contributed by atoms with Gasteiger partial charge in [-0.2, -0.15) is 0 Å². The Bertz CT molecular complexity index is 389. The zero-order chi connectivity index (χ0) is 12.8. The van der Waals surface area contributed by atoms with Crippen LogP contribution in [0.15, 0.2) is 24.3 Å². The second-order valence-corrected chi connectivity index (χ2v) is 4.66. The van der Waals surface area contributed by atoms with Crippen LogP contribution in [-0.2, 0) is 22.7 Å². The lowest BCUT2D eigenvalue weighted by Gasteiger charge is -2.10. The van der Waals surface area contributed by atoms with Crippen molar-refractivity contribution in [3.8, 4) is 0 Å². The zero-order valence-electron chi connectivity index (χ0n) is 11.1. The number of hydrogen-bond donors (Lipinski definition) is 2. The molecule has 2 rings (SSSR count). The van der Waals surface area contributed by atoms with Crippen molar-refractivity contribution in [2.75, 3.05) is 20.2 Å². The van der Waals surface area contributed by atoms with E-state index >= 15 is 0 Å². The molecule has 1 aliphatic rings. The third-order valence-corrected chi connectivity index (χ3v) is 3.23. The summed E-state index contributed by atoms with van der Waals surface area (Å²) in [6.07, 6.45) is 0.943. The Balaban J connectivity index is 0.00000180. The molecule has 0 saturated carbocycles. The molecule has 19 heavy (non-hydrogen) atoms. The molecule has 0 radical (unpaired) electrons. The molecule has 0 aliphatic carbocycles. The van der Waals surface area contributed by atoms with E-state index < -0.39 is 0 Å². The average molecular weight is 285 g/mol. The monoisotopic (exact) mass is 284 g/mol. The minimum atomic E-state index is 0. The second kappa shape index (κ2) is 8.15. The molecule has 1 heterocycles. The highest BCUT2D eigenvalue weighted by Gasteiger charge is 2.21. The number of carbonyl (C=O) groups is 1. The Kier molecular flexibility index (Phi) is 6.84. The highest BCUT2D eigenvalue weighted by atomic mass is 35.5. The fraction of sp³-hybridized carbons (Fsp3) is 0.500. The Morgan fingerprint density at radius 3 is 2.63 bits per heavy atom. The van der Waals surface area contributed by atoms with Crippen molar-refractivity contribution in [1.29, 1.82) is 0 Å². The summed E-state index contributed by atoms with van der Waals surface area (Å²) in [7, 11) is 1.68. The molecule has 0 bridgehead atoms. The Hall–Kier alpha value is -1.10. The van der Waals surface area contributed by atoms with E-state index in [4.69, 9.17) is 4.74 Å². The fourth-order valence-electron chi connectivity index (χ4n) is 2.13. The number of rotatable bonds is 5. The Labute approximate surface area is 120 Å². The highest BCUT2D eigenvalue weighted by Crippen LogP contribution is 2.09. The second-order valence-electron chi connectivity index (χ2n) is 4.66. The van der Waals surface area contributed by atoms with Crippen molar-refractivity contribution >= 4 is 18.3 Å². The quantitative estimate of drug-likeness (QED) is 0.861. The van der Waals surface area contributed by atoms with Gasteiger partial charge in [-0.05, 0) is 24.1 Å². The minimum Gasteiger partial charge on any atom is -0.380 e. The number of methoxy groups -OCH3 is 1. The summed E-state index contributed by atoms with van der Waals surface area (Å²) in [5, 5.41) is 6.18. The number of ether oxygens (including phenoxy) is 1. The van der Waals surface area contributed by atoms with E-state index in [9.17, 15) is 4.79 Å². The van der Waals surface area contributed by atoms with E-state index in [2.05, 4.69) is 10.6 Å². The van der Waals surface area contributed by atoms with Crippen LogP contribution >= 0.6 is 12.4 Å². The lowest BCUT2D eigenvalue weighted by atomic mass is 10.1. The summed E-state index contributed by atoms with van der Waals surface area (Å²) < 4.78 is 5.06. The van der Waals surface area contributed by atoms with Crippen LogP contribution in [0.4, 0.5) is 0 Å². The molecule has 0 spiro atoms. The first-order chi connectivity index (χ1) is 8.79. The van der Waals surface area contributed by atoms with Crippen LogP contribution in [0.5, 0.6) is 0 Å². The lowest BCUT2D eigenvalue weighted by molar-refractivity contribution is -0.124. The minimum absolute atomic E-state index is 0. The van der Waals surface area contributed by atoms with Gasteiger partial charge in [0.2, 0.25) is 5.91 Å². The van der Waals surface area contributed by atoms with Crippen LogP contribution in [0.1, 0.15) is 17.5 Å². The zero-order valence-corrected chi connectivity index (χ0v) is 12.0. The Morgan fingerprint density at radius 1 is 1.37 bits per heavy atom. The molecule has 1 saturated heterocycles. The molecule has 1 amide bonds. The van der Waals surface area contributed by atoms with Crippen molar-refractivity contribution in [3.63, 3.8) is 0 Å². The van der Waals surface area contributed by atoms with Gasteiger partial charge in [-0.25, -0.2) is 0 Å². The summed E-state index contributed by atoms with van der Waals surface area (Å²) in [5.74, 6) is 0.290. The van der Waals surface area contributed by atoms with E-state index in [0.717, 1.165) is 30.6 Å². The first-order valence-electron chi connectivity index (χ1n) is 6.35. The van der Waals surface area contributed by atoms with Crippen molar-refractivity contribution in [2.45, 2.75) is 19.6 Å². The van der Waals surface area contributed by atoms with Crippen LogP contribution in [-0.4, -0.2) is 26.1 Å². The standard InChI is InChI=1S/C14H20N2O2.ClH/c1-18-10-12-4-2-11(3-5-12)8-16-14(17)13-6-7-15-9-13;/h2-5,13,15H,6-10H2,1H3,(H,16,17);1H. The largest absolute Gasteiger partial charge is 0.380 e. The highest BCUT2D eigenvalue weighted by molar-refractivity contribution is 5.85. The van der Waals surface area contributed by atoms with Crippen LogP contribution in [0.3, 0.4) is 0 Å². The third kappa shape index (κ3) is 4.82. The molecule has 1 unspecified atom stereocenters. The molecular weight excluding hydrogens is 264 g/mol. The van der Waals surface area contributed by atoms with Gasteiger partial charge >= 0.3 is 0 Å². The predicted molar refractivity (Wildman–Crippen MR) is 77.2 cm³/mol. The SMILES string of the molecule is COCc1ccc(CNC(=O)C2CCNC2)cc1.Cl. The first-order valence-corrected chi connectivity index (χ1v) is 6.35. The van der Waals surface area contributed by atoms with Crippen LogP contribution in [0, 0.1) is 5.92 Å². The molecule has 0 aromatic heterocycles. The van der Waals surface area contributed by atoms with Crippen LogP contribution in [0.2, 0.25) is 0 Å². The van der Waals surface area contributed by atoms with Crippen LogP contribution in [0.25, 0.3) is 0 Å². The van der Waals surface area contributed by atoms with E-state index in [-0.39, 0.29) is 24.2 Å². The van der Waals surface area contributed by atoms with E-state index in [1.807, 2.05) is 24.3 Å². The van der Waals surface area contributed by atoms with Gasteiger partial charge in [0.15, 0.2) is 0 Å². The maximum Gasteiger partial charge on any atom is 0.224 e. The molecule has 4 nitrogen and oxygen atoms in total. The molecule has 1 aromatic carbocycles. The van der Waals surface area contributed by atoms with Crippen molar-refractivity contribution in [1.82, 2.24) is 10.6 Å². The summed E-state index contributed by atoms with van der Waals surface area (Å²) in [5.41, 5.74) is 2.27. The maximum absolute atomic E-state index is 11.8. The lowest BCUT2D eigenvalue weighted by Crippen LogP contribution is -2.31. The maximum atomic E-state index is 11.8. The van der Waals surface area contributed by atoms with Gasteiger partial charge in [0.05, 0.1) is 12.5 Å². The summed E-state index contributed by atoms with van der Waals surface area (Å²) in [6.45, 7) is 2.98. The van der Waals surface area contributed by atoms with E-state index in [0.29, 0.717) is 13.2 Å². The number of amides is 1. The normalized spacial score (nSPS) is 17.8. The van der Waals surface area contributed by atoms with Gasteiger partial charge in [0.1, 0.15) is 0 Å². The number of halogens is 1. The summed E-state index contributed by atoms with van der Waals surface area (Å²) in [4.78, 5) is 11.8. The number of hydrogen-bond acceptors (Lipinski definition) is 3. The van der Waals surface area contributed by atoms with Gasteiger partial charge in [-0.15, -0.1) is 12.4 Å². The molecular formula is C14H21ClN2O2. The molecule has 1 atom stereocenters. The van der Waals surface area contributed by atoms with Crippen molar-refractivity contribution in [3.05, 3.63) is 35.4 Å². The molecule has 1 fully saturated rings. The van der Waals surface area contributed by atoms with Gasteiger partial charge < -0.3 is 15.4 Å². The summed E-state index contributed by atoms with van der Waals surface area (Å²) >= 11 is 0. The smallest absolute Gasteiger partial charge is 0.224 e. The van der Waals surface area contributed by atoms with Gasteiger partial charge in [0, 0.05) is 20.2 Å². The van der Waals surface area contributed by atoms with Gasteiger partial charge in [-0.3, -0.25) is 4.79 Å². The summed E-state index contributed by atoms with van der Waals surface area (Å²) in [6, 6.07) is 8.12. The third-order valence-electron chi connectivity index (χ3n) is 3.23. The number of carbonyl (C=O) groups excluding carboxylic acids is 1. The van der Waals surface area contributed by atoms with Crippen molar-refractivity contribution < 1.29 is 9.53 Å². The van der Waals surface area contributed by atoms with E-state index in [1.54, 1.807) is 7.11 Å². The predicted octanol–water partition coefficient (Wildman–Crippen LogP) is 1.48. The molecule has 2 N–H and O–H groups in total. The van der Waals surface area contributed by atoms with Crippen LogP contribution < -0.4 is 10.6 Å². The van der Waals surface area contributed by atoms with E-state index in [1.165, 1.54) is 0 Å². The number of nitrogens with one attached hydrogen (secondary N) is 2. The molecule has 5 heteroatoms. The average Bonchev–Trinajstić information content (AvgIpc) is 2.92. The van der Waals surface area contributed by atoms with Gasteiger partial charge in [0.25, 0.3) is 0 Å². The topological polar surface area (TPSA) is 50.4 Å². The molecule has 106 valence electrons. The molecule has 1 aromatic rings. The first kappa shape index (κ1) is 16.0. The fourth-order valence-corrected chi connectivity index (χ4v) is 2.13. The van der Waals surface area contributed by atoms with Crippen molar-refractivity contribution in [2.24, 2.45) is 5.92 Å². The van der Waals surface area contributed by atoms with Gasteiger partial charge in [-0.1, -0.05) is 24.3 Å².